The molecule has 3 nitrogen and oxygen atoms in total. The van der Waals surface area contributed by atoms with E-state index in [1.165, 1.54) is 5.56 Å². The normalized spacial score (nSPS) is 13.0. The first-order valence-electron chi connectivity index (χ1n) is 6.05. The van der Waals surface area contributed by atoms with Crippen LogP contribution in [-0.4, -0.2) is 9.55 Å². The molecule has 1 unspecified atom stereocenters. The molecule has 96 valence electrons. The Balaban J connectivity index is 2.52. The zero-order valence-corrected chi connectivity index (χ0v) is 12.5. The molecule has 1 aromatic carbocycles. The van der Waals surface area contributed by atoms with Crippen molar-refractivity contribution in [1.82, 2.24) is 9.55 Å². The number of aromatic nitrogens is 2. The largest absolute Gasteiger partial charge is 0.322 e. The van der Waals surface area contributed by atoms with Crippen LogP contribution in [0.5, 0.6) is 0 Å². The van der Waals surface area contributed by atoms with E-state index in [0.29, 0.717) is 5.92 Å². The van der Waals surface area contributed by atoms with Crippen LogP contribution in [0, 0.1) is 12.8 Å². The number of benzene rings is 1. The maximum absolute atomic E-state index is 6.23. The summed E-state index contributed by atoms with van der Waals surface area (Å²) >= 11 is 3.63. The topological polar surface area (TPSA) is 43.8 Å². The van der Waals surface area contributed by atoms with Crippen molar-refractivity contribution in [3.8, 4) is 5.69 Å². The Hall–Kier alpha value is -1.13. The van der Waals surface area contributed by atoms with Crippen LogP contribution in [0.1, 0.15) is 31.1 Å². The molecular weight excluding hydrogens is 290 g/mol. The lowest BCUT2D eigenvalue weighted by molar-refractivity contribution is 0.497. The van der Waals surface area contributed by atoms with Gasteiger partial charge in [0.2, 0.25) is 0 Å². The average Bonchev–Trinajstić information content (AvgIpc) is 2.80. The number of hydrogen-bond acceptors (Lipinski definition) is 2. The molecule has 0 spiro atoms. The van der Waals surface area contributed by atoms with Gasteiger partial charge in [0, 0.05) is 10.5 Å². The number of rotatable bonds is 3. The lowest BCUT2D eigenvalue weighted by Gasteiger charge is -2.19. The van der Waals surface area contributed by atoms with Gasteiger partial charge in [-0.25, -0.2) is 4.98 Å². The average molecular weight is 308 g/mol. The number of hydrogen-bond donors (Lipinski definition) is 1. The summed E-state index contributed by atoms with van der Waals surface area (Å²) in [6, 6.07) is 6.17. The minimum absolute atomic E-state index is 0.0140. The van der Waals surface area contributed by atoms with Crippen molar-refractivity contribution in [1.29, 1.82) is 0 Å². The fraction of sp³-hybridized carbons (Fsp3) is 0.357. The molecule has 0 saturated carbocycles. The van der Waals surface area contributed by atoms with Gasteiger partial charge in [-0.1, -0.05) is 26.0 Å². The van der Waals surface area contributed by atoms with Crippen molar-refractivity contribution in [2.24, 2.45) is 11.7 Å². The third kappa shape index (κ3) is 2.35. The van der Waals surface area contributed by atoms with E-state index in [9.17, 15) is 0 Å². The van der Waals surface area contributed by atoms with Crippen LogP contribution in [0.3, 0.4) is 0 Å². The molecule has 2 rings (SSSR count). The zero-order chi connectivity index (χ0) is 13.3. The van der Waals surface area contributed by atoms with Gasteiger partial charge >= 0.3 is 0 Å². The molecule has 2 N–H and O–H groups in total. The van der Waals surface area contributed by atoms with Gasteiger partial charge in [-0.15, -0.1) is 0 Å². The first-order chi connectivity index (χ1) is 8.52. The third-order valence-electron chi connectivity index (χ3n) is 3.16. The van der Waals surface area contributed by atoms with E-state index >= 15 is 0 Å². The van der Waals surface area contributed by atoms with Crippen LogP contribution in [-0.2, 0) is 0 Å². The Kier molecular flexibility index (Phi) is 3.88. The highest BCUT2D eigenvalue weighted by Crippen LogP contribution is 2.28. The minimum atomic E-state index is -0.0140. The Morgan fingerprint density at radius 3 is 2.72 bits per heavy atom. The number of aryl methyl sites for hydroxylation is 1. The third-order valence-corrected chi connectivity index (χ3v) is 4.19. The Morgan fingerprint density at radius 1 is 1.33 bits per heavy atom. The van der Waals surface area contributed by atoms with Crippen LogP contribution in [0.4, 0.5) is 0 Å². The number of imidazole rings is 1. The molecule has 0 aliphatic carbocycles. The van der Waals surface area contributed by atoms with Crippen LogP contribution >= 0.6 is 15.9 Å². The molecule has 18 heavy (non-hydrogen) atoms. The first kappa shape index (κ1) is 13.3. The SMILES string of the molecule is Cc1cccc(-n2cncc2C(N)C(C)C)c1Br. The first-order valence-corrected chi connectivity index (χ1v) is 6.85. The summed E-state index contributed by atoms with van der Waals surface area (Å²) in [4.78, 5) is 4.23. The summed E-state index contributed by atoms with van der Waals surface area (Å²) in [5, 5.41) is 0. The van der Waals surface area contributed by atoms with Gasteiger partial charge in [-0.3, -0.25) is 0 Å². The summed E-state index contributed by atoms with van der Waals surface area (Å²) in [6.45, 7) is 6.31. The molecule has 0 saturated heterocycles. The predicted octanol–water partition coefficient (Wildman–Crippen LogP) is 3.60. The molecule has 4 heteroatoms. The highest BCUT2D eigenvalue weighted by Gasteiger charge is 2.17. The van der Waals surface area contributed by atoms with Gasteiger partial charge in [0.15, 0.2) is 0 Å². The Morgan fingerprint density at radius 2 is 2.06 bits per heavy atom. The van der Waals surface area contributed by atoms with E-state index in [2.05, 4.69) is 58.4 Å². The standard InChI is InChI=1S/C14H18BrN3/c1-9(2)14(16)12-7-17-8-18(12)11-6-4-5-10(3)13(11)15/h4-9,14H,16H2,1-3H3. The van der Waals surface area contributed by atoms with E-state index in [1.54, 1.807) is 0 Å². The second-order valence-electron chi connectivity index (χ2n) is 4.87. The van der Waals surface area contributed by atoms with Crippen LogP contribution in [0.25, 0.3) is 5.69 Å². The van der Waals surface area contributed by atoms with Crippen molar-refractivity contribution in [2.75, 3.05) is 0 Å². The quantitative estimate of drug-likeness (QED) is 0.941. The molecule has 0 fully saturated rings. The van der Waals surface area contributed by atoms with E-state index in [1.807, 2.05) is 18.6 Å². The van der Waals surface area contributed by atoms with Crippen molar-refractivity contribution >= 4 is 15.9 Å². The molecule has 1 aromatic heterocycles. The molecule has 0 amide bonds. The monoisotopic (exact) mass is 307 g/mol. The fourth-order valence-corrected chi connectivity index (χ4v) is 2.37. The van der Waals surface area contributed by atoms with E-state index in [0.717, 1.165) is 15.9 Å². The minimum Gasteiger partial charge on any atom is -0.322 e. The van der Waals surface area contributed by atoms with Gasteiger partial charge in [0.25, 0.3) is 0 Å². The van der Waals surface area contributed by atoms with E-state index in [4.69, 9.17) is 5.73 Å². The molecule has 0 radical (unpaired) electrons. The van der Waals surface area contributed by atoms with Crippen LogP contribution in [0.15, 0.2) is 35.2 Å². The predicted molar refractivity (Wildman–Crippen MR) is 77.8 cm³/mol. The van der Waals surface area contributed by atoms with Gasteiger partial charge in [-0.2, -0.15) is 0 Å². The van der Waals surface area contributed by atoms with Crippen molar-refractivity contribution in [3.63, 3.8) is 0 Å². The van der Waals surface area contributed by atoms with Gasteiger partial charge in [0.05, 0.1) is 23.9 Å². The molecule has 1 heterocycles. The molecular formula is C14H18BrN3. The highest BCUT2D eigenvalue weighted by atomic mass is 79.9. The highest BCUT2D eigenvalue weighted by molar-refractivity contribution is 9.10. The van der Waals surface area contributed by atoms with Crippen molar-refractivity contribution in [2.45, 2.75) is 26.8 Å². The summed E-state index contributed by atoms with van der Waals surface area (Å²) < 4.78 is 3.14. The van der Waals surface area contributed by atoms with Gasteiger partial charge in [-0.05, 0) is 40.4 Å². The lowest BCUT2D eigenvalue weighted by atomic mass is 10.0. The molecule has 1 atom stereocenters. The second-order valence-corrected chi connectivity index (χ2v) is 5.66. The molecule has 2 aromatic rings. The lowest BCUT2D eigenvalue weighted by Crippen LogP contribution is -2.20. The molecule has 0 aliphatic heterocycles. The van der Waals surface area contributed by atoms with Crippen LogP contribution < -0.4 is 5.73 Å². The van der Waals surface area contributed by atoms with E-state index in [-0.39, 0.29) is 6.04 Å². The smallest absolute Gasteiger partial charge is 0.0995 e. The molecule has 0 bridgehead atoms. The number of nitrogens with two attached hydrogens (primary N) is 1. The Bertz CT molecular complexity index is 546. The van der Waals surface area contributed by atoms with E-state index < -0.39 is 0 Å². The Labute approximate surface area is 116 Å². The van der Waals surface area contributed by atoms with Crippen molar-refractivity contribution < 1.29 is 0 Å². The summed E-state index contributed by atoms with van der Waals surface area (Å²) in [6.07, 6.45) is 3.66. The van der Waals surface area contributed by atoms with Crippen LogP contribution in [0.2, 0.25) is 0 Å². The maximum Gasteiger partial charge on any atom is 0.0995 e. The van der Waals surface area contributed by atoms with Gasteiger partial charge in [0.1, 0.15) is 0 Å². The summed E-state index contributed by atoms with van der Waals surface area (Å²) in [7, 11) is 0. The summed E-state index contributed by atoms with van der Waals surface area (Å²) in [5.74, 6) is 0.379. The zero-order valence-electron chi connectivity index (χ0n) is 10.9. The fourth-order valence-electron chi connectivity index (χ4n) is 1.91. The van der Waals surface area contributed by atoms with Crippen molar-refractivity contribution in [3.05, 3.63) is 46.5 Å². The second kappa shape index (κ2) is 5.24. The molecule has 0 aliphatic rings. The maximum atomic E-state index is 6.23. The summed E-state index contributed by atoms with van der Waals surface area (Å²) in [5.41, 5.74) is 9.55. The number of nitrogens with zero attached hydrogens (tertiary/aromatic N) is 2. The van der Waals surface area contributed by atoms with Gasteiger partial charge < -0.3 is 10.3 Å². The number of halogens is 1.